The third kappa shape index (κ3) is 14.4. The number of ether oxygens (including phenoxy) is 3. The van der Waals surface area contributed by atoms with Gasteiger partial charge in [-0.1, -0.05) is 72.1 Å². The molecule has 2 N–H and O–H groups in total. The molecule has 0 heterocycles. The van der Waals surface area contributed by atoms with Crippen LogP contribution in [0.15, 0.2) is 36.4 Å². The van der Waals surface area contributed by atoms with Gasteiger partial charge < -0.3 is 29.7 Å². The van der Waals surface area contributed by atoms with E-state index in [4.69, 9.17) is 14.2 Å². The molecule has 4 rings (SSSR count). The Morgan fingerprint density at radius 2 is 1.43 bits per heavy atom. The summed E-state index contributed by atoms with van der Waals surface area (Å²) in [5.74, 6) is 5.30. The summed E-state index contributed by atoms with van der Waals surface area (Å²) in [6, 6.07) is 0. The van der Waals surface area contributed by atoms with Crippen molar-refractivity contribution in [2.24, 2.45) is 46.3 Å². The third-order valence-corrected chi connectivity index (χ3v) is 15.4. The zero-order valence-corrected chi connectivity index (χ0v) is 42.0. The molecule has 4 aliphatic carbocycles. The first-order valence-corrected chi connectivity index (χ1v) is 24.5. The number of nitrogens with one attached hydrogen (secondary N) is 2. The Kier molecular flexibility index (Phi) is 16.8. The molecule has 0 aromatic heterocycles. The SMILES string of the molecule is C=C(NC(C)(C)CCN(CCC(C)(C)NC(=O)OC(C)(C)C)C(=C)CCC(=O)O[C@H]1CC[C@@]2(C)C(=CC[C@H]3[C@@H]4CC[C@H]([C@H](C)CCCC(C)C)[C@@]4(C)CC[C@@H]32)C1)OC(C)(C)C. The Hall–Kier alpha value is -2.64. The van der Waals surface area contributed by atoms with Crippen LogP contribution in [0.5, 0.6) is 0 Å². The largest absolute Gasteiger partial charge is 0.474 e. The van der Waals surface area contributed by atoms with Gasteiger partial charge >= 0.3 is 12.1 Å². The van der Waals surface area contributed by atoms with E-state index in [1.807, 2.05) is 55.4 Å². The van der Waals surface area contributed by atoms with E-state index in [2.05, 4.69) is 83.2 Å². The summed E-state index contributed by atoms with van der Waals surface area (Å²) in [5.41, 5.74) is 1.41. The van der Waals surface area contributed by atoms with E-state index in [9.17, 15) is 9.59 Å². The van der Waals surface area contributed by atoms with Gasteiger partial charge in [-0.3, -0.25) is 4.79 Å². The van der Waals surface area contributed by atoms with E-state index in [1.54, 1.807) is 5.57 Å². The average Bonchev–Trinajstić information content (AvgIpc) is 3.45. The summed E-state index contributed by atoms with van der Waals surface area (Å²) in [5, 5.41) is 6.51. The lowest BCUT2D eigenvalue weighted by Gasteiger charge is -2.58. The standard InChI is InChI=1S/C53H93N3O5/c1-36(2)19-18-20-37(3)43-24-25-44-42-23-22-40-35-41(27-29-52(40,16)45(42)28-30-53(43,44)17)59-46(57)26-21-38(4)56(33-31-50(12,13)54-39(5)60-48(6,7)8)34-32-51(14,15)55-47(58)61-49(9,10)11/h22,36-37,41-45,54H,4-5,18-21,23-35H2,1-3,6-17H3,(H,55,58)/t37-,41+,42+,43-,44+,45+,52+,53-/m1/s1. The lowest BCUT2D eigenvalue weighted by molar-refractivity contribution is -0.151. The molecule has 0 saturated heterocycles. The first-order chi connectivity index (χ1) is 28.0. The predicted molar refractivity (Wildman–Crippen MR) is 253 cm³/mol. The van der Waals surface area contributed by atoms with E-state index < -0.39 is 17.2 Å². The molecule has 1 amide bonds. The molecule has 8 heteroatoms. The summed E-state index contributed by atoms with van der Waals surface area (Å²) in [7, 11) is 0. The van der Waals surface area contributed by atoms with Gasteiger partial charge in [-0.25, -0.2) is 4.79 Å². The fraction of sp³-hybridized carbons (Fsp3) is 0.849. The highest BCUT2D eigenvalue weighted by atomic mass is 16.6. The van der Waals surface area contributed by atoms with Crippen LogP contribution in [0.2, 0.25) is 0 Å². The van der Waals surface area contributed by atoms with Gasteiger partial charge in [0.05, 0.1) is 6.42 Å². The number of hydrogen-bond donors (Lipinski definition) is 2. The first-order valence-electron chi connectivity index (χ1n) is 24.5. The van der Waals surface area contributed by atoms with Crippen molar-refractivity contribution in [3.8, 4) is 0 Å². The third-order valence-electron chi connectivity index (χ3n) is 15.4. The number of carbonyl (C=O) groups excluding carboxylic acids is 2. The van der Waals surface area contributed by atoms with E-state index in [0.29, 0.717) is 43.7 Å². The van der Waals surface area contributed by atoms with Gasteiger partial charge in [0.15, 0.2) is 5.88 Å². The number of esters is 1. The van der Waals surface area contributed by atoms with Crippen molar-refractivity contribution >= 4 is 12.1 Å². The molecule has 0 radical (unpaired) electrons. The molecule has 3 fully saturated rings. The van der Waals surface area contributed by atoms with Gasteiger partial charge in [-0.05, 0) is 186 Å². The molecule has 8 nitrogen and oxygen atoms in total. The summed E-state index contributed by atoms with van der Waals surface area (Å²) in [4.78, 5) is 28.5. The van der Waals surface area contributed by atoms with E-state index in [0.717, 1.165) is 66.9 Å². The number of alkyl carbamates (subject to hydrolysis) is 1. The van der Waals surface area contributed by atoms with Crippen LogP contribution in [0.1, 0.15) is 200 Å². The maximum Gasteiger partial charge on any atom is 0.408 e. The number of fused-ring (bicyclic) bond motifs is 5. The number of nitrogens with zero attached hydrogens (tertiary/aromatic N) is 1. The van der Waals surface area contributed by atoms with E-state index in [-0.39, 0.29) is 28.6 Å². The fourth-order valence-electron chi connectivity index (χ4n) is 12.1. The molecule has 0 unspecified atom stereocenters. The molecule has 3 saturated carbocycles. The van der Waals surface area contributed by atoms with Crippen LogP contribution in [0.4, 0.5) is 4.79 Å². The van der Waals surface area contributed by atoms with Crippen molar-refractivity contribution < 1.29 is 23.8 Å². The molecular weight excluding hydrogens is 759 g/mol. The monoisotopic (exact) mass is 852 g/mol. The second-order valence-corrected chi connectivity index (χ2v) is 24.4. The molecule has 350 valence electrons. The van der Waals surface area contributed by atoms with Crippen molar-refractivity contribution in [1.82, 2.24) is 15.5 Å². The average molecular weight is 852 g/mol. The van der Waals surface area contributed by atoms with Gasteiger partial charge in [0.1, 0.15) is 17.3 Å². The quantitative estimate of drug-likeness (QED) is 0.0716. The van der Waals surface area contributed by atoms with Crippen LogP contribution >= 0.6 is 0 Å². The first kappa shape index (κ1) is 51.0. The molecule has 0 aromatic carbocycles. The maximum atomic E-state index is 13.6. The van der Waals surface area contributed by atoms with Crippen LogP contribution in [-0.2, 0) is 19.0 Å². The van der Waals surface area contributed by atoms with Crippen molar-refractivity contribution in [2.45, 2.75) is 229 Å². The van der Waals surface area contributed by atoms with Gasteiger partial charge in [-0.2, -0.15) is 0 Å². The molecule has 0 bridgehead atoms. The molecular formula is C53H93N3O5. The maximum absolute atomic E-state index is 13.6. The normalized spacial score (nSPS) is 28.4. The molecule has 0 aromatic rings. The summed E-state index contributed by atoms with van der Waals surface area (Å²) in [6.45, 7) is 42.4. The van der Waals surface area contributed by atoms with Crippen molar-refractivity contribution in [1.29, 1.82) is 0 Å². The molecule has 8 atom stereocenters. The number of amides is 1. The Morgan fingerprint density at radius 3 is 2.03 bits per heavy atom. The van der Waals surface area contributed by atoms with Crippen molar-refractivity contribution in [3.63, 3.8) is 0 Å². The van der Waals surface area contributed by atoms with Crippen LogP contribution in [0, 0.1) is 46.3 Å². The highest BCUT2D eigenvalue weighted by molar-refractivity contribution is 5.70. The van der Waals surface area contributed by atoms with Crippen LogP contribution in [0.25, 0.3) is 0 Å². The number of allylic oxidation sites excluding steroid dienone is 2. The molecule has 0 spiro atoms. The Morgan fingerprint density at radius 1 is 0.803 bits per heavy atom. The van der Waals surface area contributed by atoms with Gasteiger partial charge in [0.25, 0.3) is 0 Å². The highest BCUT2D eigenvalue weighted by Crippen LogP contribution is 2.67. The van der Waals surface area contributed by atoms with Crippen molar-refractivity contribution in [2.75, 3.05) is 13.1 Å². The molecule has 61 heavy (non-hydrogen) atoms. The minimum Gasteiger partial charge on any atom is -0.474 e. The topological polar surface area (TPSA) is 89.1 Å². The zero-order valence-electron chi connectivity index (χ0n) is 42.0. The highest BCUT2D eigenvalue weighted by Gasteiger charge is 2.59. The van der Waals surface area contributed by atoms with Crippen LogP contribution in [0.3, 0.4) is 0 Å². The Bertz CT molecular complexity index is 1500. The summed E-state index contributed by atoms with van der Waals surface area (Å²) < 4.78 is 17.8. The zero-order chi connectivity index (χ0) is 45.8. The van der Waals surface area contributed by atoms with Crippen LogP contribution < -0.4 is 10.6 Å². The summed E-state index contributed by atoms with van der Waals surface area (Å²) in [6.07, 6.45) is 18.2. The smallest absolute Gasteiger partial charge is 0.408 e. The predicted octanol–water partition coefficient (Wildman–Crippen LogP) is 13.3. The summed E-state index contributed by atoms with van der Waals surface area (Å²) >= 11 is 0. The molecule has 4 aliphatic rings. The molecule has 0 aliphatic heterocycles. The van der Waals surface area contributed by atoms with E-state index >= 15 is 0 Å². The second-order valence-electron chi connectivity index (χ2n) is 24.4. The Labute approximate surface area is 374 Å². The number of hydrogen-bond acceptors (Lipinski definition) is 7. The van der Waals surface area contributed by atoms with Gasteiger partial charge in [0, 0.05) is 36.3 Å². The van der Waals surface area contributed by atoms with Gasteiger partial charge in [-0.15, -0.1) is 0 Å². The van der Waals surface area contributed by atoms with Crippen molar-refractivity contribution in [3.05, 3.63) is 36.4 Å². The second kappa shape index (κ2) is 20.0. The fourth-order valence-corrected chi connectivity index (χ4v) is 12.1. The minimum atomic E-state index is -0.578. The van der Waals surface area contributed by atoms with Gasteiger partial charge in [0.2, 0.25) is 0 Å². The minimum absolute atomic E-state index is 0.0563. The van der Waals surface area contributed by atoms with Crippen LogP contribution in [-0.4, -0.2) is 58.4 Å². The Balaban J connectivity index is 1.34. The number of carbonyl (C=O) groups is 2. The van der Waals surface area contributed by atoms with E-state index in [1.165, 1.54) is 51.4 Å². The lowest BCUT2D eigenvalue weighted by atomic mass is 9.47. The number of rotatable bonds is 20. The lowest BCUT2D eigenvalue weighted by Crippen LogP contribution is -2.51.